The average Bonchev–Trinajstić information content (AvgIpc) is 3.47. The summed E-state index contributed by atoms with van der Waals surface area (Å²) in [5, 5.41) is 0. The lowest BCUT2D eigenvalue weighted by atomic mass is 10.0. The molecule has 6 nitrogen and oxygen atoms in total. The number of hydrogen-bond donors (Lipinski definition) is 0. The van der Waals surface area contributed by atoms with Crippen molar-refractivity contribution in [3.8, 4) is 0 Å². The highest BCUT2D eigenvalue weighted by atomic mass is 16.6. The number of esters is 3. The molecular weight excluding hydrogens is 1010 g/mol. The zero-order chi connectivity index (χ0) is 59.2. The van der Waals surface area contributed by atoms with Crippen LogP contribution >= 0.6 is 0 Å². The van der Waals surface area contributed by atoms with E-state index in [0.29, 0.717) is 19.3 Å². The summed E-state index contributed by atoms with van der Waals surface area (Å²) in [6.07, 6.45) is 92.7. The van der Waals surface area contributed by atoms with E-state index < -0.39 is 6.10 Å². The van der Waals surface area contributed by atoms with Gasteiger partial charge in [-0.2, -0.15) is 0 Å². The van der Waals surface area contributed by atoms with Crippen molar-refractivity contribution in [2.24, 2.45) is 0 Å². The van der Waals surface area contributed by atoms with E-state index in [4.69, 9.17) is 14.2 Å². The highest BCUT2D eigenvalue weighted by Crippen LogP contribution is 2.18. The monoisotopic (exact) mass is 1150 g/mol. The summed E-state index contributed by atoms with van der Waals surface area (Å²) in [6, 6.07) is 0. The van der Waals surface area contributed by atoms with E-state index in [1.807, 2.05) is 0 Å². The molecule has 476 valence electrons. The minimum Gasteiger partial charge on any atom is -0.462 e. The van der Waals surface area contributed by atoms with Crippen molar-refractivity contribution in [2.75, 3.05) is 13.2 Å². The molecule has 6 heteroatoms. The van der Waals surface area contributed by atoms with Crippen LogP contribution in [0.3, 0.4) is 0 Å². The largest absolute Gasteiger partial charge is 0.462 e. The van der Waals surface area contributed by atoms with Crippen LogP contribution < -0.4 is 0 Å². The topological polar surface area (TPSA) is 78.9 Å². The second kappa shape index (κ2) is 70.3. The third-order valence-electron chi connectivity index (χ3n) is 16.0. The fraction of sp³-hybridized carbons (Fsp3) is 0.803. The minimum absolute atomic E-state index is 0.0711. The molecule has 0 radical (unpaired) electrons. The van der Waals surface area contributed by atoms with Gasteiger partial charge in [0, 0.05) is 19.3 Å². The molecule has 0 aromatic heterocycles. The Hall–Kier alpha value is -3.15. The van der Waals surface area contributed by atoms with Crippen LogP contribution in [0, 0.1) is 0 Å². The molecule has 0 aromatic carbocycles. The minimum atomic E-state index is -0.771. The molecule has 82 heavy (non-hydrogen) atoms. The Kier molecular flexibility index (Phi) is 67.6. The van der Waals surface area contributed by atoms with Gasteiger partial charge in [0.25, 0.3) is 0 Å². The van der Waals surface area contributed by atoms with E-state index in [0.717, 1.165) is 96.3 Å². The number of unbranched alkanes of at least 4 members (excludes halogenated alkanes) is 43. The van der Waals surface area contributed by atoms with Gasteiger partial charge in [-0.05, 0) is 70.6 Å². The van der Waals surface area contributed by atoms with Gasteiger partial charge in [-0.15, -0.1) is 0 Å². The predicted molar refractivity (Wildman–Crippen MR) is 358 cm³/mol. The van der Waals surface area contributed by atoms with Crippen LogP contribution in [0.15, 0.2) is 72.9 Å². The van der Waals surface area contributed by atoms with Crippen molar-refractivity contribution < 1.29 is 28.6 Å². The normalized spacial score (nSPS) is 12.5. The molecule has 1 unspecified atom stereocenters. The highest BCUT2D eigenvalue weighted by Gasteiger charge is 2.19. The van der Waals surface area contributed by atoms with Gasteiger partial charge in [-0.1, -0.05) is 357 Å². The van der Waals surface area contributed by atoms with Gasteiger partial charge in [0.2, 0.25) is 0 Å². The zero-order valence-corrected chi connectivity index (χ0v) is 54.8. The molecule has 0 aromatic rings. The van der Waals surface area contributed by atoms with E-state index >= 15 is 0 Å². The van der Waals surface area contributed by atoms with E-state index in [1.54, 1.807) is 0 Å². The fourth-order valence-corrected chi connectivity index (χ4v) is 10.6. The summed E-state index contributed by atoms with van der Waals surface area (Å²) in [6.45, 7) is 6.52. The van der Waals surface area contributed by atoms with Gasteiger partial charge >= 0.3 is 17.9 Å². The molecule has 1 atom stereocenters. The smallest absolute Gasteiger partial charge is 0.306 e. The number of hydrogen-bond acceptors (Lipinski definition) is 6. The molecule has 0 aliphatic carbocycles. The molecule has 0 spiro atoms. The van der Waals surface area contributed by atoms with Crippen molar-refractivity contribution in [1.82, 2.24) is 0 Å². The van der Waals surface area contributed by atoms with Crippen LogP contribution in [0.2, 0.25) is 0 Å². The summed E-state index contributed by atoms with van der Waals surface area (Å²) < 4.78 is 16.9. The van der Waals surface area contributed by atoms with E-state index in [1.165, 1.54) is 238 Å². The van der Waals surface area contributed by atoms with E-state index in [9.17, 15) is 14.4 Å². The first-order chi connectivity index (χ1) is 40.5. The van der Waals surface area contributed by atoms with Crippen molar-refractivity contribution in [3.05, 3.63) is 72.9 Å². The van der Waals surface area contributed by atoms with Gasteiger partial charge in [-0.3, -0.25) is 14.4 Å². The van der Waals surface area contributed by atoms with Crippen molar-refractivity contribution >= 4 is 17.9 Å². The lowest BCUT2D eigenvalue weighted by Crippen LogP contribution is -2.30. The lowest BCUT2D eigenvalue weighted by Gasteiger charge is -2.18. The van der Waals surface area contributed by atoms with Gasteiger partial charge in [0.1, 0.15) is 13.2 Å². The molecule has 0 N–H and O–H groups in total. The molecule has 0 amide bonds. The second-order valence-corrected chi connectivity index (χ2v) is 24.1. The maximum atomic E-state index is 12.9. The Morgan fingerprint density at radius 1 is 0.256 bits per heavy atom. The first-order valence-corrected chi connectivity index (χ1v) is 35.9. The number of rotatable bonds is 66. The quantitative estimate of drug-likeness (QED) is 0.0261. The first-order valence-electron chi connectivity index (χ1n) is 35.9. The Morgan fingerprint density at radius 3 is 0.744 bits per heavy atom. The molecule has 0 heterocycles. The van der Waals surface area contributed by atoms with Crippen LogP contribution in [0.4, 0.5) is 0 Å². The SMILES string of the molecule is CC/C=C\C/C=C\C/C=C\C/C=C\C/C=C\C/C=C\CCCCCCCCCCCCCCC(=O)OCC(COC(=O)CCCCCCCC)OC(=O)CCCCCCCCCCCCCCCCCCCCCCCCCCCCC. The summed E-state index contributed by atoms with van der Waals surface area (Å²) in [4.78, 5) is 38.1. The lowest BCUT2D eigenvalue weighted by molar-refractivity contribution is -0.167. The van der Waals surface area contributed by atoms with Crippen LogP contribution in [0.25, 0.3) is 0 Å². The second-order valence-electron chi connectivity index (χ2n) is 24.1. The number of ether oxygens (including phenoxy) is 3. The average molecular weight is 1150 g/mol. The molecule has 0 aliphatic rings. The summed E-state index contributed by atoms with van der Waals surface area (Å²) in [5.41, 5.74) is 0. The van der Waals surface area contributed by atoms with Crippen molar-refractivity contribution in [1.29, 1.82) is 0 Å². The van der Waals surface area contributed by atoms with Gasteiger partial charge in [0.05, 0.1) is 0 Å². The van der Waals surface area contributed by atoms with Gasteiger partial charge in [-0.25, -0.2) is 0 Å². The van der Waals surface area contributed by atoms with Gasteiger partial charge in [0.15, 0.2) is 6.10 Å². The fourth-order valence-electron chi connectivity index (χ4n) is 10.6. The van der Waals surface area contributed by atoms with Crippen LogP contribution in [0.5, 0.6) is 0 Å². The summed E-state index contributed by atoms with van der Waals surface area (Å²) >= 11 is 0. The van der Waals surface area contributed by atoms with Crippen molar-refractivity contribution in [3.63, 3.8) is 0 Å². The van der Waals surface area contributed by atoms with E-state index in [2.05, 4.69) is 93.7 Å². The van der Waals surface area contributed by atoms with Crippen LogP contribution in [-0.4, -0.2) is 37.2 Å². The van der Waals surface area contributed by atoms with Gasteiger partial charge < -0.3 is 14.2 Å². The molecule has 0 fully saturated rings. The zero-order valence-electron chi connectivity index (χ0n) is 54.8. The Bertz CT molecular complexity index is 1500. The number of allylic oxidation sites excluding steroid dienone is 12. The standard InChI is InChI=1S/C76H136O6/c1-4-7-10-13-16-18-20-22-24-26-28-30-32-34-36-37-38-39-41-42-44-46-48-50-52-54-56-58-60-63-66-69-75(78)81-72-73(71-80-74(77)68-65-62-15-12-9-6-3)82-76(79)70-67-64-61-59-57-55-53-51-49-47-45-43-40-35-33-31-29-27-25-23-21-19-17-14-11-8-5-2/h7,10,16,18,22,24,28,30,34,36,38-39,73H,4-6,8-9,11-15,17,19-21,23,25-27,29,31-33,35,37,40-72H2,1-3H3/b10-7-,18-16-,24-22-,30-28-,36-34-,39-38-. The Balaban J connectivity index is 4.00. The van der Waals surface area contributed by atoms with E-state index in [-0.39, 0.29) is 31.1 Å². The van der Waals surface area contributed by atoms with Crippen molar-refractivity contribution in [2.45, 2.75) is 380 Å². The Labute approximate surface area is 510 Å². The maximum Gasteiger partial charge on any atom is 0.306 e. The summed E-state index contributed by atoms with van der Waals surface area (Å²) in [7, 11) is 0. The molecular formula is C76H136O6. The number of carbonyl (C=O) groups is 3. The summed E-state index contributed by atoms with van der Waals surface area (Å²) in [5.74, 6) is -0.862. The molecule has 0 saturated carbocycles. The predicted octanol–water partition coefficient (Wildman–Crippen LogP) is 24.8. The highest BCUT2D eigenvalue weighted by molar-refractivity contribution is 5.71. The molecule has 0 bridgehead atoms. The molecule has 0 aliphatic heterocycles. The third kappa shape index (κ3) is 67.6. The van der Waals surface area contributed by atoms with Crippen LogP contribution in [0.1, 0.15) is 374 Å². The molecule has 0 rings (SSSR count). The third-order valence-corrected chi connectivity index (χ3v) is 16.0. The Morgan fingerprint density at radius 2 is 0.476 bits per heavy atom. The first kappa shape index (κ1) is 78.8. The number of carbonyl (C=O) groups excluding carboxylic acids is 3. The maximum absolute atomic E-state index is 12.9. The van der Waals surface area contributed by atoms with Crippen LogP contribution in [-0.2, 0) is 28.6 Å². The molecule has 0 saturated heterocycles.